The molecule has 0 N–H and O–H groups in total. The number of rotatable bonds is 5. The van der Waals surface area contributed by atoms with E-state index >= 15 is 0 Å². The molecule has 0 radical (unpaired) electrons. The molecule has 0 amide bonds. The van der Waals surface area contributed by atoms with Crippen molar-refractivity contribution < 1.29 is 4.42 Å². The molecule has 0 fully saturated rings. The summed E-state index contributed by atoms with van der Waals surface area (Å²) in [7, 11) is 0. The van der Waals surface area contributed by atoms with E-state index in [1.165, 1.54) is 10.8 Å². The number of hydrogen-bond acceptors (Lipinski definition) is 4. The number of hydrogen-bond donors (Lipinski definition) is 0. The first-order chi connectivity index (χ1) is 26.7. The Bertz CT molecular complexity index is 3080. The molecule has 0 atom stereocenters. The fourth-order valence-electron chi connectivity index (χ4n) is 7.73. The summed E-state index contributed by atoms with van der Waals surface area (Å²) < 4.78 is 8.56. The Morgan fingerprint density at radius 1 is 0.389 bits per heavy atom. The fraction of sp³-hybridized carbons (Fsp3) is 0. The second-order valence-corrected chi connectivity index (χ2v) is 13.7. The van der Waals surface area contributed by atoms with Crippen molar-refractivity contribution >= 4 is 54.7 Å². The van der Waals surface area contributed by atoms with Gasteiger partial charge >= 0.3 is 0 Å². The first kappa shape index (κ1) is 30.3. The summed E-state index contributed by atoms with van der Waals surface area (Å²) in [5.74, 6) is 0.629. The molecule has 0 saturated heterocycles. The van der Waals surface area contributed by atoms with Crippen molar-refractivity contribution in [3.05, 3.63) is 182 Å². The van der Waals surface area contributed by atoms with Gasteiger partial charge in [-0.1, -0.05) is 84.9 Å². The average Bonchev–Trinajstić information content (AvgIpc) is 3.82. The molecule has 0 aliphatic heterocycles. The third-order valence-corrected chi connectivity index (χ3v) is 10.5. The minimum absolute atomic E-state index is 0.629. The molecule has 0 spiro atoms. The highest BCUT2D eigenvalue weighted by Crippen LogP contribution is 2.38. The monoisotopic (exact) mass is 690 g/mol. The predicted molar refractivity (Wildman–Crippen MR) is 221 cm³/mol. The molecule has 5 nitrogen and oxygen atoms in total. The van der Waals surface area contributed by atoms with E-state index in [2.05, 4.69) is 126 Å². The van der Waals surface area contributed by atoms with Crippen molar-refractivity contribution in [2.75, 3.05) is 0 Å². The first-order valence-corrected chi connectivity index (χ1v) is 18.1. The van der Waals surface area contributed by atoms with Gasteiger partial charge in [0, 0.05) is 56.3 Å². The van der Waals surface area contributed by atoms with Crippen LogP contribution in [-0.4, -0.2) is 19.5 Å². The van der Waals surface area contributed by atoms with Crippen molar-refractivity contribution in [3.8, 4) is 50.5 Å². The normalized spacial score (nSPS) is 11.7. The quantitative estimate of drug-likeness (QED) is 0.180. The van der Waals surface area contributed by atoms with E-state index < -0.39 is 0 Å². The van der Waals surface area contributed by atoms with Gasteiger partial charge in [-0.05, 0) is 107 Å². The molecule has 0 bridgehead atoms. The molecule has 0 aliphatic rings. The van der Waals surface area contributed by atoms with Gasteiger partial charge in [0.1, 0.15) is 5.52 Å². The van der Waals surface area contributed by atoms with Crippen LogP contribution in [-0.2, 0) is 0 Å². The zero-order valence-corrected chi connectivity index (χ0v) is 29.0. The Morgan fingerprint density at radius 2 is 0.926 bits per heavy atom. The lowest BCUT2D eigenvalue weighted by Crippen LogP contribution is -1.94. The van der Waals surface area contributed by atoms with E-state index in [4.69, 9.17) is 19.4 Å². The highest BCUT2D eigenvalue weighted by molar-refractivity contribution is 6.12. The van der Waals surface area contributed by atoms with Gasteiger partial charge in [0.2, 0.25) is 5.89 Å². The summed E-state index contributed by atoms with van der Waals surface area (Å²) in [5, 5.41) is 4.62. The Balaban J connectivity index is 1.04. The van der Waals surface area contributed by atoms with Crippen LogP contribution in [0.3, 0.4) is 0 Å². The summed E-state index contributed by atoms with van der Waals surface area (Å²) in [6, 6.07) is 59.6. The van der Waals surface area contributed by atoms with Gasteiger partial charge in [-0.3, -0.25) is 9.97 Å². The van der Waals surface area contributed by atoms with Gasteiger partial charge in [0.15, 0.2) is 5.58 Å². The van der Waals surface area contributed by atoms with Crippen LogP contribution < -0.4 is 0 Å². The standard InChI is InChI=1S/C49H30N4O/c1-2-8-32(9-3-1)49-52-45-21-16-35(28-48(45)54-49)31-14-19-40(20-15-31)53-46-22-17-33(38-24-36-10-4-6-12-43(36)50-29-38)26-41(46)42-27-34(18-23-47(42)53)39-25-37-11-5-7-13-44(37)51-30-39/h1-30H. The number of fused-ring (bicyclic) bond motifs is 6. The summed E-state index contributed by atoms with van der Waals surface area (Å²) in [6.07, 6.45) is 3.96. The van der Waals surface area contributed by atoms with E-state index in [1.54, 1.807) is 0 Å². The number of oxazole rings is 1. The lowest BCUT2D eigenvalue weighted by atomic mass is 10.0. The van der Waals surface area contributed by atoms with Crippen LogP contribution in [0.15, 0.2) is 187 Å². The van der Waals surface area contributed by atoms with Gasteiger partial charge < -0.3 is 8.98 Å². The number of nitrogens with zero attached hydrogens (tertiary/aromatic N) is 4. The predicted octanol–water partition coefficient (Wildman–Crippen LogP) is 12.7. The van der Waals surface area contributed by atoms with Crippen LogP contribution in [0.25, 0.3) is 105 Å². The summed E-state index contributed by atoms with van der Waals surface area (Å²) in [4.78, 5) is 14.3. The van der Waals surface area contributed by atoms with Crippen LogP contribution in [0.2, 0.25) is 0 Å². The number of benzene rings is 7. The third kappa shape index (κ3) is 5.06. The van der Waals surface area contributed by atoms with E-state index in [0.717, 1.165) is 88.6 Å². The molecule has 54 heavy (non-hydrogen) atoms. The van der Waals surface area contributed by atoms with Crippen molar-refractivity contribution in [1.29, 1.82) is 0 Å². The van der Waals surface area contributed by atoms with Crippen LogP contribution in [0.4, 0.5) is 0 Å². The maximum atomic E-state index is 6.20. The maximum absolute atomic E-state index is 6.20. The molecule has 0 aliphatic carbocycles. The molecule has 4 heterocycles. The fourth-order valence-corrected chi connectivity index (χ4v) is 7.73. The molecule has 5 heteroatoms. The topological polar surface area (TPSA) is 56.7 Å². The third-order valence-electron chi connectivity index (χ3n) is 10.5. The zero-order valence-electron chi connectivity index (χ0n) is 29.0. The molecule has 11 rings (SSSR count). The smallest absolute Gasteiger partial charge is 0.227 e. The highest BCUT2D eigenvalue weighted by Gasteiger charge is 2.16. The Morgan fingerprint density at radius 3 is 1.56 bits per heavy atom. The molecular weight excluding hydrogens is 661 g/mol. The van der Waals surface area contributed by atoms with E-state index in [0.29, 0.717) is 5.89 Å². The second-order valence-electron chi connectivity index (χ2n) is 13.7. The molecule has 4 aromatic heterocycles. The van der Waals surface area contributed by atoms with Crippen molar-refractivity contribution in [2.24, 2.45) is 0 Å². The Hall–Kier alpha value is -7.37. The van der Waals surface area contributed by atoms with Crippen LogP contribution in [0, 0.1) is 0 Å². The van der Waals surface area contributed by atoms with E-state index in [1.807, 2.05) is 60.9 Å². The molecule has 0 unspecified atom stereocenters. The maximum Gasteiger partial charge on any atom is 0.227 e. The second kappa shape index (κ2) is 12.1. The zero-order chi connectivity index (χ0) is 35.6. The van der Waals surface area contributed by atoms with Crippen molar-refractivity contribution in [1.82, 2.24) is 19.5 Å². The Kier molecular flexibility index (Phi) is 6.79. The van der Waals surface area contributed by atoms with Gasteiger partial charge in [0.05, 0.1) is 22.1 Å². The summed E-state index contributed by atoms with van der Waals surface area (Å²) >= 11 is 0. The van der Waals surface area contributed by atoms with E-state index in [-0.39, 0.29) is 0 Å². The van der Waals surface area contributed by atoms with Gasteiger partial charge in [-0.25, -0.2) is 4.98 Å². The minimum Gasteiger partial charge on any atom is -0.436 e. The molecule has 7 aromatic carbocycles. The van der Waals surface area contributed by atoms with Crippen LogP contribution >= 0.6 is 0 Å². The largest absolute Gasteiger partial charge is 0.436 e. The van der Waals surface area contributed by atoms with Gasteiger partial charge in [-0.2, -0.15) is 0 Å². The van der Waals surface area contributed by atoms with Gasteiger partial charge in [-0.15, -0.1) is 0 Å². The SMILES string of the molecule is c1ccc(-c2nc3ccc(-c4ccc(-n5c6ccc(-c7cnc8ccccc8c7)cc6c6cc(-c7cnc8ccccc8c7)ccc65)cc4)cc3o2)cc1. The number of pyridine rings is 2. The van der Waals surface area contributed by atoms with Crippen LogP contribution in [0.5, 0.6) is 0 Å². The average molecular weight is 691 g/mol. The van der Waals surface area contributed by atoms with E-state index in [9.17, 15) is 0 Å². The lowest BCUT2D eigenvalue weighted by molar-refractivity contribution is 0.620. The minimum atomic E-state index is 0.629. The highest BCUT2D eigenvalue weighted by atomic mass is 16.3. The molecule has 252 valence electrons. The van der Waals surface area contributed by atoms with Crippen LogP contribution in [0.1, 0.15) is 0 Å². The number of para-hydroxylation sites is 2. The van der Waals surface area contributed by atoms with Crippen molar-refractivity contribution in [2.45, 2.75) is 0 Å². The number of aromatic nitrogens is 4. The Labute approximate surface area is 310 Å². The molecular formula is C49H30N4O. The van der Waals surface area contributed by atoms with Gasteiger partial charge in [0.25, 0.3) is 0 Å². The molecule has 0 saturated carbocycles. The molecule has 11 aromatic rings. The first-order valence-electron chi connectivity index (χ1n) is 18.1. The lowest BCUT2D eigenvalue weighted by Gasteiger charge is -2.10. The summed E-state index contributed by atoms with van der Waals surface area (Å²) in [5.41, 5.74) is 14.6. The van der Waals surface area contributed by atoms with Crippen molar-refractivity contribution in [3.63, 3.8) is 0 Å². The summed E-state index contributed by atoms with van der Waals surface area (Å²) in [6.45, 7) is 0.